The lowest BCUT2D eigenvalue weighted by atomic mass is 9.87. The average molecular weight is 222 g/mol. The number of nitrogens with one attached hydrogen (secondary N) is 1. The summed E-state index contributed by atoms with van der Waals surface area (Å²) >= 11 is 0. The number of aromatic nitrogens is 3. The van der Waals surface area contributed by atoms with E-state index in [-0.39, 0.29) is 0 Å². The van der Waals surface area contributed by atoms with Crippen LogP contribution in [0.5, 0.6) is 0 Å². The summed E-state index contributed by atoms with van der Waals surface area (Å²) in [4.78, 5) is 4.19. The van der Waals surface area contributed by atoms with Gasteiger partial charge in [0.25, 0.3) is 0 Å². The van der Waals surface area contributed by atoms with Gasteiger partial charge in [-0.15, -0.1) is 0 Å². The zero-order chi connectivity index (χ0) is 11.2. The maximum Gasteiger partial charge on any atom is 0.164 e. The first-order chi connectivity index (χ1) is 7.84. The first-order valence-electron chi connectivity index (χ1n) is 6.40. The van der Waals surface area contributed by atoms with E-state index in [2.05, 4.69) is 15.4 Å². The van der Waals surface area contributed by atoms with Crippen LogP contribution in [0.4, 0.5) is 0 Å². The van der Waals surface area contributed by atoms with Crippen LogP contribution in [0.3, 0.4) is 0 Å². The van der Waals surface area contributed by atoms with Crippen LogP contribution in [-0.4, -0.2) is 21.3 Å². The van der Waals surface area contributed by atoms with E-state index in [4.69, 9.17) is 0 Å². The third-order valence-electron chi connectivity index (χ3n) is 3.38. The van der Waals surface area contributed by atoms with Gasteiger partial charge in [0, 0.05) is 7.05 Å². The molecule has 0 aromatic carbocycles. The van der Waals surface area contributed by atoms with E-state index in [0.717, 1.165) is 24.8 Å². The largest absolute Gasteiger partial charge is 0.310 e. The molecular formula is C12H22N4. The molecule has 1 saturated carbocycles. The van der Waals surface area contributed by atoms with E-state index in [9.17, 15) is 0 Å². The highest BCUT2D eigenvalue weighted by molar-refractivity contribution is 4.80. The molecule has 2 rings (SSSR count). The van der Waals surface area contributed by atoms with Gasteiger partial charge in [-0.2, -0.15) is 5.10 Å². The molecule has 1 aliphatic rings. The molecule has 1 heterocycles. The summed E-state index contributed by atoms with van der Waals surface area (Å²) in [7, 11) is 1.90. The van der Waals surface area contributed by atoms with Crippen molar-refractivity contribution in [3.63, 3.8) is 0 Å². The van der Waals surface area contributed by atoms with E-state index in [0.29, 0.717) is 0 Å². The molecule has 1 aromatic heterocycles. The molecule has 0 radical (unpaired) electrons. The molecule has 0 aliphatic heterocycles. The SMILES string of the molecule is Cn1cnc(CNCCC2CCCCC2)n1. The fourth-order valence-corrected chi connectivity index (χ4v) is 2.45. The third-order valence-corrected chi connectivity index (χ3v) is 3.38. The summed E-state index contributed by atoms with van der Waals surface area (Å²) in [6.07, 6.45) is 10.2. The summed E-state index contributed by atoms with van der Waals surface area (Å²) in [6.45, 7) is 1.90. The van der Waals surface area contributed by atoms with E-state index in [1.165, 1.54) is 38.5 Å². The summed E-state index contributed by atoms with van der Waals surface area (Å²) in [5, 5.41) is 7.66. The molecule has 1 fully saturated rings. The normalized spacial score (nSPS) is 17.8. The Morgan fingerprint density at radius 1 is 1.38 bits per heavy atom. The van der Waals surface area contributed by atoms with Gasteiger partial charge in [0.1, 0.15) is 6.33 Å². The van der Waals surface area contributed by atoms with E-state index in [1.807, 2.05) is 7.05 Å². The van der Waals surface area contributed by atoms with Crippen LogP contribution < -0.4 is 5.32 Å². The highest BCUT2D eigenvalue weighted by atomic mass is 15.3. The molecule has 0 saturated heterocycles. The van der Waals surface area contributed by atoms with Crippen LogP contribution >= 0.6 is 0 Å². The molecule has 0 amide bonds. The molecule has 16 heavy (non-hydrogen) atoms. The molecule has 0 atom stereocenters. The van der Waals surface area contributed by atoms with Gasteiger partial charge in [0.2, 0.25) is 0 Å². The van der Waals surface area contributed by atoms with Crippen molar-refractivity contribution in [2.24, 2.45) is 13.0 Å². The molecule has 90 valence electrons. The number of rotatable bonds is 5. The Morgan fingerprint density at radius 3 is 2.88 bits per heavy atom. The van der Waals surface area contributed by atoms with Crippen LogP contribution in [0.2, 0.25) is 0 Å². The lowest BCUT2D eigenvalue weighted by Gasteiger charge is -2.21. The maximum absolute atomic E-state index is 4.24. The van der Waals surface area contributed by atoms with Crippen molar-refractivity contribution in [2.45, 2.75) is 45.1 Å². The zero-order valence-corrected chi connectivity index (χ0v) is 10.2. The molecule has 1 aromatic rings. The van der Waals surface area contributed by atoms with Crippen LogP contribution in [0.25, 0.3) is 0 Å². The fourth-order valence-electron chi connectivity index (χ4n) is 2.45. The van der Waals surface area contributed by atoms with E-state index in [1.54, 1.807) is 11.0 Å². The van der Waals surface area contributed by atoms with Gasteiger partial charge in [-0.1, -0.05) is 32.1 Å². The lowest BCUT2D eigenvalue weighted by molar-refractivity contribution is 0.333. The Hall–Kier alpha value is -0.900. The maximum atomic E-state index is 4.24. The van der Waals surface area contributed by atoms with Gasteiger partial charge in [0.05, 0.1) is 6.54 Å². The second-order valence-corrected chi connectivity index (χ2v) is 4.80. The minimum absolute atomic E-state index is 0.799. The monoisotopic (exact) mass is 222 g/mol. The van der Waals surface area contributed by atoms with Gasteiger partial charge in [0.15, 0.2) is 5.82 Å². The molecule has 4 nitrogen and oxygen atoms in total. The Bertz CT molecular complexity index is 302. The molecule has 0 bridgehead atoms. The summed E-state index contributed by atoms with van der Waals surface area (Å²) in [5.74, 6) is 1.85. The minimum atomic E-state index is 0.799. The highest BCUT2D eigenvalue weighted by Crippen LogP contribution is 2.25. The first kappa shape index (κ1) is 11.6. The average Bonchev–Trinajstić information content (AvgIpc) is 2.72. The molecule has 4 heteroatoms. The second-order valence-electron chi connectivity index (χ2n) is 4.80. The number of hydrogen-bond donors (Lipinski definition) is 1. The second kappa shape index (κ2) is 5.99. The zero-order valence-electron chi connectivity index (χ0n) is 10.2. The Labute approximate surface area is 97.5 Å². The van der Waals surface area contributed by atoms with Crippen LogP contribution in [0.15, 0.2) is 6.33 Å². The van der Waals surface area contributed by atoms with Gasteiger partial charge in [-0.3, -0.25) is 4.68 Å². The molecule has 0 spiro atoms. The topological polar surface area (TPSA) is 42.7 Å². The highest BCUT2D eigenvalue weighted by Gasteiger charge is 2.12. The van der Waals surface area contributed by atoms with Crippen molar-refractivity contribution in [2.75, 3.05) is 6.54 Å². The Kier molecular flexibility index (Phi) is 4.34. The minimum Gasteiger partial charge on any atom is -0.310 e. The predicted octanol–water partition coefficient (Wildman–Crippen LogP) is 1.88. The number of hydrogen-bond acceptors (Lipinski definition) is 3. The van der Waals surface area contributed by atoms with Crippen molar-refractivity contribution in [3.05, 3.63) is 12.2 Å². The molecule has 0 unspecified atom stereocenters. The Morgan fingerprint density at radius 2 is 2.19 bits per heavy atom. The quantitative estimate of drug-likeness (QED) is 0.773. The van der Waals surface area contributed by atoms with Crippen molar-refractivity contribution < 1.29 is 0 Å². The van der Waals surface area contributed by atoms with Crippen molar-refractivity contribution in [3.8, 4) is 0 Å². The number of aryl methyl sites for hydroxylation is 1. The molecule has 1 N–H and O–H groups in total. The van der Waals surface area contributed by atoms with Gasteiger partial charge >= 0.3 is 0 Å². The first-order valence-corrected chi connectivity index (χ1v) is 6.40. The van der Waals surface area contributed by atoms with Crippen molar-refractivity contribution in [1.29, 1.82) is 0 Å². The van der Waals surface area contributed by atoms with Gasteiger partial charge in [-0.05, 0) is 18.9 Å². The lowest BCUT2D eigenvalue weighted by Crippen LogP contribution is -2.19. The van der Waals surface area contributed by atoms with Crippen molar-refractivity contribution in [1.82, 2.24) is 20.1 Å². The third kappa shape index (κ3) is 3.59. The number of nitrogens with zero attached hydrogens (tertiary/aromatic N) is 3. The van der Waals surface area contributed by atoms with E-state index >= 15 is 0 Å². The van der Waals surface area contributed by atoms with Gasteiger partial charge < -0.3 is 5.32 Å². The summed E-state index contributed by atoms with van der Waals surface area (Å²) in [6, 6.07) is 0. The molecule has 1 aliphatic carbocycles. The van der Waals surface area contributed by atoms with E-state index < -0.39 is 0 Å². The van der Waals surface area contributed by atoms with Crippen LogP contribution in [0.1, 0.15) is 44.3 Å². The predicted molar refractivity (Wildman–Crippen MR) is 63.9 cm³/mol. The van der Waals surface area contributed by atoms with Crippen molar-refractivity contribution >= 4 is 0 Å². The van der Waals surface area contributed by atoms with Crippen LogP contribution in [0, 0.1) is 5.92 Å². The smallest absolute Gasteiger partial charge is 0.164 e. The molecular weight excluding hydrogens is 200 g/mol. The van der Waals surface area contributed by atoms with Gasteiger partial charge in [-0.25, -0.2) is 4.98 Å². The summed E-state index contributed by atoms with van der Waals surface area (Å²) in [5.41, 5.74) is 0. The summed E-state index contributed by atoms with van der Waals surface area (Å²) < 4.78 is 1.75. The Balaban J connectivity index is 1.57. The fraction of sp³-hybridized carbons (Fsp3) is 0.833. The standard InChI is InChI=1S/C12H22N4/c1-16-10-14-12(15-16)9-13-8-7-11-5-3-2-4-6-11/h10-11,13H,2-9H2,1H3. The van der Waals surface area contributed by atoms with Crippen LogP contribution in [-0.2, 0) is 13.6 Å².